The molecule has 3 saturated carbocycles. The van der Waals surface area contributed by atoms with Crippen molar-refractivity contribution in [3.63, 3.8) is 0 Å². The summed E-state index contributed by atoms with van der Waals surface area (Å²) in [6.45, 7) is 10.6. The summed E-state index contributed by atoms with van der Waals surface area (Å²) in [4.78, 5) is 24.3. The Balaban J connectivity index is 1.29. The van der Waals surface area contributed by atoms with Gasteiger partial charge in [-0.15, -0.1) is 0 Å². The van der Waals surface area contributed by atoms with E-state index in [0.29, 0.717) is 19.6 Å². The average Bonchev–Trinajstić information content (AvgIpc) is 3.32. The summed E-state index contributed by atoms with van der Waals surface area (Å²) < 4.78 is 10.9. The van der Waals surface area contributed by atoms with Crippen molar-refractivity contribution in [3.05, 3.63) is 11.6 Å². The molecule has 0 amide bonds. The van der Waals surface area contributed by atoms with Crippen molar-refractivity contribution in [1.82, 2.24) is 0 Å². The number of hydrogen-bond acceptors (Lipinski definition) is 5. The van der Waals surface area contributed by atoms with Crippen molar-refractivity contribution in [1.29, 1.82) is 0 Å². The highest BCUT2D eigenvalue weighted by Crippen LogP contribution is 2.63. The predicted molar refractivity (Wildman–Crippen MR) is 152 cm³/mol. The Kier molecular flexibility index (Phi) is 10.4. The molecule has 3 fully saturated rings. The molecule has 4 aliphatic rings. The van der Waals surface area contributed by atoms with Crippen LogP contribution in [0.2, 0.25) is 0 Å². The molecule has 0 radical (unpaired) electrons. The second kappa shape index (κ2) is 13.3. The lowest BCUT2D eigenvalue weighted by Gasteiger charge is -2.55. The number of esters is 2. The fourth-order valence-electron chi connectivity index (χ4n) is 8.98. The van der Waals surface area contributed by atoms with Gasteiger partial charge in [0.25, 0.3) is 0 Å². The first-order valence-electron chi connectivity index (χ1n) is 16.0. The quantitative estimate of drug-likeness (QED) is 0.164. The summed E-state index contributed by atoms with van der Waals surface area (Å²) in [6.07, 6.45) is 17.4. The number of nitrogens with two attached hydrogens (primary N) is 1. The molecule has 0 spiro atoms. The summed E-state index contributed by atoms with van der Waals surface area (Å²) in [5.41, 5.74) is 7.23. The van der Waals surface area contributed by atoms with E-state index in [2.05, 4.69) is 33.8 Å². The van der Waals surface area contributed by atoms with Crippen LogP contribution in [0.25, 0.3) is 0 Å². The highest BCUT2D eigenvalue weighted by atomic mass is 16.5. The second-order valence-electron chi connectivity index (χ2n) is 13.8. The van der Waals surface area contributed by atoms with Gasteiger partial charge in [-0.1, -0.05) is 58.6 Å². The molecule has 4 rings (SSSR count). The van der Waals surface area contributed by atoms with Gasteiger partial charge in [0.05, 0.1) is 19.4 Å². The second-order valence-corrected chi connectivity index (χ2v) is 13.8. The van der Waals surface area contributed by atoms with Gasteiger partial charge >= 0.3 is 11.9 Å². The van der Waals surface area contributed by atoms with Crippen LogP contribution in [-0.2, 0) is 19.1 Å². The van der Waals surface area contributed by atoms with Crippen LogP contribution in [0, 0.1) is 46.8 Å². The van der Waals surface area contributed by atoms with Crippen molar-refractivity contribution < 1.29 is 19.1 Å². The molecule has 8 atom stereocenters. The minimum Gasteiger partial charge on any atom is -0.466 e. The van der Waals surface area contributed by atoms with Gasteiger partial charge in [-0.05, 0) is 105 Å². The number of carbonyl (C=O) groups is 2. The SMILES string of the molecule is CC(C)CCC[C@@H](C)[C@H]1CC[C@@H]2C1CC[C@H]1[C@H]2CC=C2C[C@@H](OC(=O)CCC(=O)OCCCN)CC[C@@]21C. The smallest absolute Gasteiger partial charge is 0.306 e. The van der Waals surface area contributed by atoms with Crippen LogP contribution in [0.1, 0.15) is 118 Å². The number of carbonyl (C=O) groups excluding carboxylic acids is 2. The molecule has 0 bridgehead atoms. The van der Waals surface area contributed by atoms with Gasteiger partial charge in [0, 0.05) is 6.42 Å². The zero-order chi connectivity index (χ0) is 27.3. The Bertz CT molecular complexity index is 837. The van der Waals surface area contributed by atoms with E-state index in [1.54, 1.807) is 5.57 Å². The number of hydrogen-bond donors (Lipinski definition) is 1. The molecular weight excluding hydrogens is 474 g/mol. The van der Waals surface area contributed by atoms with Crippen LogP contribution in [0.15, 0.2) is 11.6 Å². The highest BCUT2D eigenvalue weighted by molar-refractivity contribution is 5.77. The first-order valence-corrected chi connectivity index (χ1v) is 16.0. The van der Waals surface area contributed by atoms with E-state index in [1.807, 2.05) is 0 Å². The van der Waals surface area contributed by atoms with Crippen LogP contribution >= 0.6 is 0 Å². The molecule has 0 saturated heterocycles. The number of allylic oxidation sites excluding steroid dienone is 1. The van der Waals surface area contributed by atoms with E-state index >= 15 is 0 Å². The summed E-state index contributed by atoms with van der Waals surface area (Å²) >= 11 is 0. The molecule has 216 valence electrons. The third-order valence-corrected chi connectivity index (χ3v) is 11.0. The Morgan fingerprint density at radius 1 is 0.974 bits per heavy atom. The molecule has 0 aromatic heterocycles. The first kappa shape index (κ1) is 29.6. The molecular formula is C33H55NO4. The topological polar surface area (TPSA) is 78.6 Å². The Morgan fingerprint density at radius 2 is 1.74 bits per heavy atom. The van der Waals surface area contributed by atoms with Crippen LogP contribution < -0.4 is 5.73 Å². The molecule has 1 unspecified atom stereocenters. The third-order valence-electron chi connectivity index (χ3n) is 11.0. The van der Waals surface area contributed by atoms with E-state index in [0.717, 1.165) is 60.7 Å². The maximum absolute atomic E-state index is 12.5. The monoisotopic (exact) mass is 529 g/mol. The summed E-state index contributed by atoms with van der Waals surface area (Å²) in [7, 11) is 0. The van der Waals surface area contributed by atoms with Gasteiger partial charge in [-0.3, -0.25) is 9.59 Å². The van der Waals surface area contributed by atoms with Gasteiger partial charge < -0.3 is 15.2 Å². The van der Waals surface area contributed by atoms with E-state index in [1.165, 1.54) is 51.4 Å². The molecule has 4 aliphatic carbocycles. The lowest BCUT2D eigenvalue weighted by molar-refractivity contribution is -0.155. The molecule has 0 aliphatic heterocycles. The van der Waals surface area contributed by atoms with Crippen LogP contribution in [0.5, 0.6) is 0 Å². The van der Waals surface area contributed by atoms with E-state index in [9.17, 15) is 9.59 Å². The van der Waals surface area contributed by atoms with E-state index in [4.69, 9.17) is 15.2 Å². The van der Waals surface area contributed by atoms with Crippen molar-refractivity contribution in [2.45, 2.75) is 124 Å². The summed E-state index contributed by atoms with van der Waals surface area (Å²) in [5.74, 6) is 5.53. The standard InChI is InChI=1S/C33H55NO4/c1-22(2)7-5-8-23(3)26-11-12-28-27(26)13-14-30-29(28)10-9-24-21-25(17-18-33(24,30)4)38-32(36)16-15-31(35)37-20-6-19-34/h9,22-23,25-30H,5-8,10-21,34H2,1-4H3/t23-,25+,26-,27?,28-,29+,30+,33+/m1/s1. The molecule has 0 aromatic rings. The highest BCUT2D eigenvalue weighted by Gasteiger charge is 2.54. The fraction of sp³-hybridized carbons (Fsp3) is 0.879. The van der Waals surface area contributed by atoms with Gasteiger partial charge in [0.15, 0.2) is 0 Å². The Hall–Kier alpha value is -1.36. The van der Waals surface area contributed by atoms with Gasteiger partial charge in [-0.25, -0.2) is 0 Å². The average molecular weight is 530 g/mol. The third kappa shape index (κ3) is 6.85. The predicted octanol–water partition coefficient (Wildman–Crippen LogP) is 7.22. The van der Waals surface area contributed by atoms with Gasteiger partial charge in [0.2, 0.25) is 0 Å². The summed E-state index contributed by atoms with van der Waals surface area (Å²) in [6, 6.07) is 0. The Labute approximate surface area is 232 Å². The number of rotatable bonds is 12. The maximum atomic E-state index is 12.5. The Morgan fingerprint density at radius 3 is 2.50 bits per heavy atom. The maximum Gasteiger partial charge on any atom is 0.306 e. The molecule has 2 N–H and O–H groups in total. The van der Waals surface area contributed by atoms with E-state index < -0.39 is 0 Å². The molecule has 0 heterocycles. The van der Waals surface area contributed by atoms with Crippen LogP contribution in [-0.4, -0.2) is 31.2 Å². The van der Waals surface area contributed by atoms with Crippen molar-refractivity contribution in [2.75, 3.05) is 13.2 Å². The number of ether oxygens (including phenoxy) is 2. The molecule has 38 heavy (non-hydrogen) atoms. The van der Waals surface area contributed by atoms with E-state index in [-0.39, 0.29) is 36.3 Å². The van der Waals surface area contributed by atoms with Crippen LogP contribution in [0.3, 0.4) is 0 Å². The first-order chi connectivity index (χ1) is 18.2. The number of fused-ring (bicyclic) bond motifs is 5. The minimum absolute atomic E-state index is 0.0504. The molecule has 0 aromatic carbocycles. The lowest BCUT2D eigenvalue weighted by Crippen LogP contribution is -2.48. The van der Waals surface area contributed by atoms with Crippen LogP contribution in [0.4, 0.5) is 0 Å². The largest absolute Gasteiger partial charge is 0.466 e. The normalized spacial score (nSPS) is 35.1. The zero-order valence-electron chi connectivity index (χ0n) is 24.7. The lowest BCUT2D eigenvalue weighted by atomic mass is 9.50. The minimum atomic E-state index is -0.345. The van der Waals surface area contributed by atoms with Crippen molar-refractivity contribution >= 4 is 11.9 Å². The molecule has 5 nitrogen and oxygen atoms in total. The van der Waals surface area contributed by atoms with Crippen molar-refractivity contribution in [2.24, 2.45) is 52.6 Å². The fourth-order valence-corrected chi connectivity index (χ4v) is 8.98. The van der Waals surface area contributed by atoms with Gasteiger partial charge in [0.1, 0.15) is 6.10 Å². The summed E-state index contributed by atoms with van der Waals surface area (Å²) in [5, 5.41) is 0. The van der Waals surface area contributed by atoms with Crippen molar-refractivity contribution in [3.8, 4) is 0 Å². The van der Waals surface area contributed by atoms with Gasteiger partial charge in [-0.2, -0.15) is 0 Å². The zero-order valence-corrected chi connectivity index (χ0v) is 24.7. The molecule has 5 heteroatoms.